The molecule has 2 aromatic carbocycles. The SMILES string of the molecule is Cc1ccc(C(=O)C=CNc2cccc(C(C)C)c2)cc1C. The summed E-state index contributed by atoms with van der Waals surface area (Å²) in [5.74, 6) is 0.499. The van der Waals surface area contributed by atoms with Gasteiger partial charge in [0, 0.05) is 23.5 Å². The topological polar surface area (TPSA) is 29.1 Å². The lowest BCUT2D eigenvalue weighted by molar-refractivity contribution is 0.104. The molecule has 0 bridgehead atoms. The summed E-state index contributed by atoms with van der Waals surface area (Å²) in [6.45, 7) is 8.39. The van der Waals surface area contributed by atoms with Crippen LogP contribution in [0.3, 0.4) is 0 Å². The molecule has 0 aromatic heterocycles. The molecular weight excluding hydrogens is 270 g/mol. The van der Waals surface area contributed by atoms with E-state index in [-0.39, 0.29) is 5.78 Å². The van der Waals surface area contributed by atoms with Gasteiger partial charge >= 0.3 is 0 Å². The Bertz CT molecular complexity index is 699. The zero-order valence-corrected chi connectivity index (χ0v) is 13.7. The Labute approximate surface area is 132 Å². The van der Waals surface area contributed by atoms with Crippen molar-refractivity contribution in [1.82, 2.24) is 0 Å². The van der Waals surface area contributed by atoms with Crippen molar-refractivity contribution in [3.8, 4) is 0 Å². The second-order valence-corrected chi connectivity index (χ2v) is 5.92. The van der Waals surface area contributed by atoms with Gasteiger partial charge in [0.25, 0.3) is 0 Å². The normalized spacial score (nSPS) is 11.1. The molecule has 2 rings (SSSR count). The van der Waals surface area contributed by atoms with E-state index in [0.29, 0.717) is 5.92 Å². The lowest BCUT2D eigenvalue weighted by atomic mass is 10.0. The number of aryl methyl sites for hydroxylation is 2. The third-order valence-electron chi connectivity index (χ3n) is 3.83. The van der Waals surface area contributed by atoms with Crippen LogP contribution in [0.5, 0.6) is 0 Å². The molecule has 114 valence electrons. The number of ketones is 1. The first-order chi connectivity index (χ1) is 10.5. The van der Waals surface area contributed by atoms with Crippen molar-refractivity contribution in [2.75, 3.05) is 5.32 Å². The summed E-state index contributed by atoms with van der Waals surface area (Å²) in [7, 11) is 0. The van der Waals surface area contributed by atoms with Crippen LogP contribution < -0.4 is 5.32 Å². The van der Waals surface area contributed by atoms with Crippen molar-refractivity contribution in [3.63, 3.8) is 0 Å². The first-order valence-electron chi connectivity index (χ1n) is 7.62. The van der Waals surface area contributed by atoms with Crippen LogP contribution in [0.15, 0.2) is 54.7 Å². The Balaban J connectivity index is 2.04. The van der Waals surface area contributed by atoms with E-state index >= 15 is 0 Å². The molecule has 2 nitrogen and oxygen atoms in total. The molecule has 0 atom stereocenters. The predicted octanol–water partition coefficient (Wildman–Crippen LogP) is 5.24. The zero-order valence-electron chi connectivity index (χ0n) is 13.7. The minimum Gasteiger partial charge on any atom is -0.362 e. The van der Waals surface area contributed by atoms with Crippen LogP contribution in [0.4, 0.5) is 5.69 Å². The van der Waals surface area contributed by atoms with Crippen LogP contribution in [0.25, 0.3) is 0 Å². The Morgan fingerprint density at radius 2 is 1.82 bits per heavy atom. The van der Waals surface area contributed by atoms with Crippen LogP contribution in [0, 0.1) is 13.8 Å². The molecule has 0 aliphatic rings. The van der Waals surface area contributed by atoms with E-state index in [1.165, 1.54) is 11.1 Å². The van der Waals surface area contributed by atoms with Gasteiger partial charge in [-0.25, -0.2) is 0 Å². The fourth-order valence-corrected chi connectivity index (χ4v) is 2.19. The number of hydrogen-bond acceptors (Lipinski definition) is 2. The highest BCUT2D eigenvalue weighted by atomic mass is 16.1. The number of rotatable bonds is 5. The minimum atomic E-state index is 0.00983. The number of nitrogens with one attached hydrogen (secondary N) is 1. The third kappa shape index (κ3) is 4.08. The first-order valence-corrected chi connectivity index (χ1v) is 7.62. The fourth-order valence-electron chi connectivity index (χ4n) is 2.19. The van der Waals surface area contributed by atoms with Gasteiger partial charge in [-0.15, -0.1) is 0 Å². The Morgan fingerprint density at radius 3 is 2.50 bits per heavy atom. The Hall–Kier alpha value is -2.35. The summed E-state index contributed by atoms with van der Waals surface area (Å²) in [6, 6.07) is 14.0. The molecule has 0 unspecified atom stereocenters. The lowest BCUT2D eigenvalue weighted by Gasteiger charge is -2.07. The third-order valence-corrected chi connectivity index (χ3v) is 3.83. The molecule has 0 saturated carbocycles. The van der Waals surface area contributed by atoms with Crippen molar-refractivity contribution in [1.29, 1.82) is 0 Å². The Morgan fingerprint density at radius 1 is 1.05 bits per heavy atom. The van der Waals surface area contributed by atoms with Gasteiger partial charge in [0.05, 0.1) is 0 Å². The summed E-state index contributed by atoms with van der Waals surface area (Å²) in [4.78, 5) is 12.1. The van der Waals surface area contributed by atoms with Crippen LogP contribution in [-0.2, 0) is 0 Å². The van der Waals surface area contributed by atoms with Crippen LogP contribution in [0.2, 0.25) is 0 Å². The van der Waals surface area contributed by atoms with E-state index in [4.69, 9.17) is 0 Å². The molecule has 0 heterocycles. The molecule has 0 fully saturated rings. The molecule has 2 heteroatoms. The smallest absolute Gasteiger partial charge is 0.187 e. The molecule has 2 aromatic rings. The summed E-state index contributed by atoms with van der Waals surface area (Å²) >= 11 is 0. The fraction of sp³-hybridized carbons (Fsp3) is 0.250. The van der Waals surface area contributed by atoms with E-state index in [1.807, 2.05) is 44.2 Å². The van der Waals surface area contributed by atoms with Gasteiger partial charge in [-0.3, -0.25) is 4.79 Å². The lowest BCUT2D eigenvalue weighted by Crippen LogP contribution is -1.98. The monoisotopic (exact) mass is 293 g/mol. The number of allylic oxidation sites excluding steroid dienone is 1. The van der Waals surface area contributed by atoms with Gasteiger partial charge in [-0.1, -0.05) is 38.1 Å². The number of anilines is 1. The summed E-state index contributed by atoms with van der Waals surface area (Å²) in [5.41, 5.74) is 5.33. The van der Waals surface area contributed by atoms with Gasteiger partial charge in [0.2, 0.25) is 0 Å². The van der Waals surface area contributed by atoms with Crippen LogP contribution >= 0.6 is 0 Å². The number of benzene rings is 2. The molecule has 0 aliphatic heterocycles. The predicted molar refractivity (Wildman–Crippen MR) is 93.5 cm³/mol. The highest BCUT2D eigenvalue weighted by Gasteiger charge is 2.03. The van der Waals surface area contributed by atoms with Gasteiger partial charge in [0.15, 0.2) is 5.78 Å². The highest BCUT2D eigenvalue weighted by molar-refractivity contribution is 6.04. The van der Waals surface area contributed by atoms with Crippen molar-refractivity contribution in [2.24, 2.45) is 0 Å². The van der Waals surface area contributed by atoms with Gasteiger partial charge in [-0.05, 0) is 54.7 Å². The molecule has 1 N–H and O–H groups in total. The number of hydrogen-bond donors (Lipinski definition) is 1. The number of carbonyl (C=O) groups is 1. The summed E-state index contributed by atoms with van der Waals surface area (Å²) < 4.78 is 0. The molecule has 22 heavy (non-hydrogen) atoms. The van der Waals surface area contributed by atoms with E-state index in [9.17, 15) is 4.79 Å². The van der Waals surface area contributed by atoms with Crippen molar-refractivity contribution in [3.05, 3.63) is 77.0 Å². The average molecular weight is 293 g/mol. The van der Waals surface area contributed by atoms with E-state index in [2.05, 4.69) is 31.3 Å². The minimum absolute atomic E-state index is 0.00983. The van der Waals surface area contributed by atoms with Gasteiger partial charge in [0.1, 0.15) is 0 Å². The standard InChI is InChI=1S/C20H23NO/c1-14(2)17-6-5-7-19(13-17)21-11-10-20(22)18-9-8-15(3)16(4)12-18/h5-14,21H,1-4H3. The summed E-state index contributed by atoms with van der Waals surface area (Å²) in [6.07, 6.45) is 3.28. The largest absolute Gasteiger partial charge is 0.362 e. The molecule has 0 saturated heterocycles. The summed E-state index contributed by atoms with van der Waals surface area (Å²) in [5, 5.41) is 3.17. The van der Waals surface area contributed by atoms with Crippen molar-refractivity contribution in [2.45, 2.75) is 33.6 Å². The Kier molecular flexibility index (Phi) is 5.16. The van der Waals surface area contributed by atoms with E-state index in [0.717, 1.165) is 16.8 Å². The van der Waals surface area contributed by atoms with Crippen molar-refractivity contribution >= 4 is 11.5 Å². The highest BCUT2D eigenvalue weighted by Crippen LogP contribution is 2.18. The zero-order chi connectivity index (χ0) is 16.1. The molecule has 0 radical (unpaired) electrons. The van der Waals surface area contributed by atoms with E-state index in [1.54, 1.807) is 12.3 Å². The average Bonchev–Trinajstić information content (AvgIpc) is 2.50. The second kappa shape index (κ2) is 7.08. The molecule has 0 spiro atoms. The molecule has 0 aliphatic carbocycles. The van der Waals surface area contributed by atoms with Crippen molar-refractivity contribution < 1.29 is 4.79 Å². The van der Waals surface area contributed by atoms with E-state index < -0.39 is 0 Å². The van der Waals surface area contributed by atoms with Gasteiger partial charge < -0.3 is 5.32 Å². The van der Waals surface area contributed by atoms with Crippen LogP contribution in [-0.4, -0.2) is 5.78 Å². The maximum Gasteiger partial charge on any atom is 0.187 e. The van der Waals surface area contributed by atoms with Gasteiger partial charge in [-0.2, -0.15) is 0 Å². The maximum absolute atomic E-state index is 12.1. The second-order valence-electron chi connectivity index (χ2n) is 5.92. The quantitative estimate of drug-likeness (QED) is 0.603. The molecule has 0 amide bonds. The number of carbonyl (C=O) groups excluding carboxylic acids is 1. The molecular formula is C20H23NO. The maximum atomic E-state index is 12.1. The first kappa shape index (κ1) is 16.0. The van der Waals surface area contributed by atoms with Crippen LogP contribution in [0.1, 0.15) is 46.8 Å².